The first kappa shape index (κ1) is 31.2. The number of anilines is 3. The van der Waals surface area contributed by atoms with Crippen molar-refractivity contribution in [3.63, 3.8) is 0 Å². The van der Waals surface area contributed by atoms with Crippen LogP contribution in [0.5, 0.6) is 0 Å². The molecule has 2 heterocycles. The second-order valence-corrected chi connectivity index (χ2v) is 14.1. The number of rotatable bonds is 6. The Kier molecular flexibility index (Phi) is 7.17. The molecule has 0 saturated carbocycles. The Morgan fingerprint density at radius 3 is 1.73 bits per heavy atom. The van der Waals surface area contributed by atoms with E-state index in [0.717, 1.165) is 61.2 Å². The van der Waals surface area contributed by atoms with Crippen molar-refractivity contribution in [2.75, 3.05) is 4.90 Å². The standard InChI is InChI=1S/C52H34N2O/c1-3-14-35(15-4-1)36-26-30-40(31-27-36)53(46-23-13-24-47-51(46)43-20-9-11-22-45(43)54(47)39-17-5-2-6-18-39)41-32-28-37(29-33-41)50-42-19-8-7-16-38(42)34-49-52(50)44-21-10-12-25-48(44)55-49/h1-34H. The van der Waals surface area contributed by atoms with Crippen molar-refractivity contribution < 1.29 is 4.42 Å². The molecule has 3 heteroatoms. The SMILES string of the molecule is c1ccc(-c2ccc(N(c3ccc(-c4c5ccccc5cc5oc6ccccc6c45)cc3)c3cccc4c3c3ccccc3n4-c3ccccc3)cc2)cc1. The van der Waals surface area contributed by atoms with Crippen LogP contribution in [0.15, 0.2) is 211 Å². The van der Waals surface area contributed by atoms with E-state index < -0.39 is 0 Å². The summed E-state index contributed by atoms with van der Waals surface area (Å²) in [6.07, 6.45) is 0. The Hall–Kier alpha value is -7.36. The summed E-state index contributed by atoms with van der Waals surface area (Å²) in [6, 6.07) is 73.9. The highest BCUT2D eigenvalue weighted by Crippen LogP contribution is 2.46. The number of benzene rings is 9. The molecule has 0 aliphatic heterocycles. The fraction of sp³-hybridized carbons (Fsp3) is 0. The minimum absolute atomic E-state index is 0.901. The lowest BCUT2D eigenvalue weighted by atomic mass is 9.93. The summed E-state index contributed by atoms with van der Waals surface area (Å²) in [5.41, 5.74) is 13.3. The largest absolute Gasteiger partial charge is 0.456 e. The molecule has 0 N–H and O–H groups in total. The maximum Gasteiger partial charge on any atom is 0.136 e. The van der Waals surface area contributed by atoms with Crippen molar-refractivity contribution in [3.8, 4) is 27.9 Å². The van der Waals surface area contributed by atoms with E-state index in [1.165, 1.54) is 38.4 Å². The van der Waals surface area contributed by atoms with E-state index in [1.807, 2.05) is 6.07 Å². The van der Waals surface area contributed by atoms with Crippen molar-refractivity contribution in [2.24, 2.45) is 0 Å². The van der Waals surface area contributed by atoms with Gasteiger partial charge in [0.1, 0.15) is 11.2 Å². The molecule has 0 unspecified atom stereocenters. The Balaban J connectivity index is 1.14. The molecule has 0 spiro atoms. The third kappa shape index (κ3) is 5.05. The Labute approximate surface area is 318 Å². The molecule has 0 aliphatic rings. The van der Waals surface area contributed by atoms with E-state index in [0.29, 0.717) is 0 Å². The summed E-state index contributed by atoms with van der Waals surface area (Å²) in [4.78, 5) is 2.41. The van der Waals surface area contributed by atoms with Gasteiger partial charge in [0, 0.05) is 44.2 Å². The van der Waals surface area contributed by atoms with E-state index in [-0.39, 0.29) is 0 Å². The first-order valence-electron chi connectivity index (χ1n) is 18.8. The molecule has 0 bridgehead atoms. The highest BCUT2D eigenvalue weighted by Gasteiger charge is 2.22. The van der Waals surface area contributed by atoms with Crippen LogP contribution in [0, 0.1) is 0 Å². The van der Waals surface area contributed by atoms with Crippen LogP contribution in [-0.4, -0.2) is 4.57 Å². The lowest BCUT2D eigenvalue weighted by Crippen LogP contribution is -2.10. The zero-order valence-corrected chi connectivity index (χ0v) is 29.9. The van der Waals surface area contributed by atoms with Gasteiger partial charge in [0.25, 0.3) is 0 Å². The number of aromatic nitrogens is 1. The van der Waals surface area contributed by atoms with Gasteiger partial charge in [-0.15, -0.1) is 0 Å². The summed E-state index contributed by atoms with van der Waals surface area (Å²) >= 11 is 0. The predicted molar refractivity (Wildman–Crippen MR) is 231 cm³/mol. The highest BCUT2D eigenvalue weighted by molar-refractivity contribution is 6.21. The minimum atomic E-state index is 0.901. The molecular weight excluding hydrogens is 669 g/mol. The monoisotopic (exact) mass is 702 g/mol. The fourth-order valence-electron chi connectivity index (χ4n) is 8.53. The van der Waals surface area contributed by atoms with Crippen LogP contribution in [0.3, 0.4) is 0 Å². The van der Waals surface area contributed by atoms with Gasteiger partial charge in [-0.05, 0) is 94.2 Å². The van der Waals surface area contributed by atoms with Crippen LogP contribution >= 0.6 is 0 Å². The molecule has 0 atom stereocenters. The number of furan rings is 1. The maximum atomic E-state index is 6.44. The average molecular weight is 703 g/mol. The van der Waals surface area contributed by atoms with Gasteiger partial charge in [-0.3, -0.25) is 0 Å². The third-order valence-electron chi connectivity index (χ3n) is 11.0. The Morgan fingerprint density at radius 1 is 0.382 bits per heavy atom. The van der Waals surface area contributed by atoms with Crippen LogP contribution in [0.1, 0.15) is 0 Å². The van der Waals surface area contributed by atoms with Crippen LogP contribution in [-0.2, 0) is 0 Å². The molecule has 0 aliphatic carbocycles. The lowest BCUT2D eigenvalue weighted by molar-refractivity contribution is 0.669. The smallest absolute Gasteiger partial charge is 0.136 e. The van der Waals surface area contributed by atoms with Crippen molar-refractivity contribution in [3.05, 3.63) is 206 Å². The number of nitrogens with zero attached hydrogens (tertiary/aromatic N) is 2. The normalized spacial score (nSPS) is 11.6. The van der Waals surface area contributed by atoms with Crippen molar-refractivity contribution >= 4 is 71.6 Å². The zero-order chi connectivity index (χ0) is 36.3. The number of hydrogen-bond donors (Lipinski definition) is 0. The molecule has 0 radical (unpaired) electrons. The lowest BCUT2D eigenvalue weighted by Gasteiger charge is -2.27. The Morgan fingerprint density at radius 2 is 0.964 bits per heavy atom. The summed E-state index contributed by atoms with van der Waals surface area (Å²) in [7, 11) is 0. The Bertz CT molecular complexity index is 3180. The molecule has 11 rings (SSSR count). The second-order valence-electron chi connectivity index (χ2n) is 14.1. The van der Waals surface area contributed by atoms with Gasteiger partial charge < -0.3 is 13.9 Å². The summed E-state index contributed by atoms with van der Waals surface area (Å²) in [6.45, 7) is 0. The topological polar surface area (TPSA) is 21.3 Å². The van der Waals surface area contributed by atoms with E-state index in [9.17, 15) is 0 Å². The van der Waals surface area contributed by atoms with Crippen molar-refractivity contribution in [1.29, 1.82) is 0 Å². The van der Waals surface area contributed by atoms with Crippen LogP contribution < -0.4 is 4.90 Å². The van der Waals surface area contributed by atoms with Gasteiger partial charge in [0.05, 0.1) is 16.7 Å². The highest BCUT2D eigenvalue weighted by atomic mass is 16.3. The van der Waals surface area contributed by atoms with E-state index in [1.54, 1.807) is 0 Å². The number of para-hydroxylation sites is 3. The molecule has 9 aromatic carbocycles. The molecule has 3 nitrogen and oxygen atoms in total. The van der Waals surface area contributed by atoms with E-state index >= 15 is 0 Å². The quantitative estimate of drug-likeness (QED) is 0.172. The van der Waals surface area contributed by atoms with Gasteiger partial charge in [-0.1, -0.05) is 140 Å². The summed E-state index contributed by atoms with van der Waals surface area (Å²) in [5, 5.41) is 7.07. The molecule has 0 saturated heterocycles. The van der Waals surface area contributed by atoms with Crippen LogP contribution in [0.2, 0.25) is 0 Å². The summed E-state index contributed by atoms with van der Waals surface area (Å²) < 4.78 is 8.83. The molecular formula is C52H34N2O. The van der Waals surface area contributed by atoms with Crippen LogP contribution in [0.25, 0.3) is 82.5 Å². The van der Waals surface area contributed by atoms with E-state index in [2.05, 4.69) is 210 Å². The second kappa shape index (κ2) is 12.6. The summed E-state index contributed by atoms with van der Waals surface area (Å²) in [5.74, 6) is 0. The van der Waals surface area contributed by atoms with Gasteiger partial charge in [0.2, 0.25) is 0 Å². The molecule has 55 heavy (non-hydrogen) atoms. The average Bonchev–Trinajstić information content (AvgIpc) is 3.80. The molecule has 0 fully saturated rings. The van der Waals surface area contributed by atoms with Gasteiger partial charge in [-0.2, -0.15) is 0 Å². The van der Waals surface area contributed by atoms with Crippen molar-refractivity contribution in [2.45, 2.75) is 0 Å². The van der Waals surface area contributed by atoms with Crippen LogP contribution in [0.4, 0.5) is 17.1 Å². The molecule has 11 aromatic rings. The van der Waals surface area contributed by atoms with Gasteiger partial charge >= 0.3 is 0 Å². The number of fused-ring (bicyclic) bond motifs is 7. The fourth-order valence-corrected chi connectivity index (χ4v) is 8.53. The van der Waals surface area contributed by atoms with Crippen molar-refractivity contribution in [1.82, 2.24) is 4.57 Å². The zero-order valence-electron chi connectivity index (χ0n) is 29.9. The molecule has 2 aromatic heterocycles. The first-order chi connectivity index (χ1) is 27.3. The minimum Gasteiger partial charge on any atom is -0.456 e. The molecule has 0 amide bonds. The maximum absolute atomic E-state index is 6.44. The van der Waals surface area contributed by atoms with Gasteiger partial charge in [-0.25, -0.2) is 0 Å². The van der Waals surface area contributed by atoms with E-state index in [4.69, 9.17) is 4.42 Å². The van der Waals surface area contributed by atoms with Gasteiger partial charge in [0.15, 0.2) is 0 Å². The number of hydrogen-bond acceptors (Lipinski definition) is 2. The third-order valence-corrected chi connectivity index (χ3v) is 11.0. The first-order valence-corrected chi connectivity index (χ1v) is 18.8. The predicted octanol–water partition coefficient (Wildman–Crippen LogP) is 14.6. The molecule has 258 valence electrons.